The van der Waals surface area contributed by atoms with Gasteiger partial charge < -0.3 is 9.80 Å². The first kappa shape index (κ1) is 15.9. The molecule has 0 aliphatic carbocycles. The normalized spacial score (nSPS) is 12.6. The summed E-state index contributed by atoms with van der Waals surface area (Å²) in [6, 6.07) is 2.11. The maximum Gasteiger partial charge on any atom is 0.240 e. The number of nitriles is 1. The Kier molecular flexibility index (Phi) is 7.56. The van der Waals surface area contributed by atoms with E-state index in [1.807, 2.05) is 34.9 Å². The zero-order chi connectivity index (χ0) is 13.4. The summed E-state index contributed by atoms with van der Waals surface area (Å²) in [5.41, 5.74) is 0. The van der Waals surface area contributed by atoms with E-state index in [4.69, 9.17) is 5.26 Å². The van der Waals surface area contributed by atoms with Crippen LogP contribution < -0.4 is 0 Å². The highest BCUT2D eigenvalue weighted by Gasteiger charge is 2.25. The van der Waals surface area contributed by atoms with E-state index in [2.05, 4.69) is 11.0 Å². The molecular weight excluding hydrogens is 214 g/mol. The van der Waals surface area contributed by atoms with Crippen molar-refractivity contribution >= 4 is 5.91 Å². The first-order valence-electron chi connectivity index (χ1n) is 6.27. The van der Waals surface area contributed by atoms with Crippen LogP contribution in [0.4, 0.5) is 0 Å². The van der Waals surface area contributed by atoms with Gasteiger partial charge in [0, 0.05) is 13.1 Å². The van der Waals surface area contributed by atoms with Crippen molar-refractivity contribution in [1.82, 2.24) is 9.80 Å². The van der Waals surface area contributed by atoms with Crippen LogP contribution in [0.3, 0.4) is 0 Å². The third-order valence-corrected chi connectivity index (χ3v) is 2.80. The van der Waals surface area contributed by atoms with Gasteiger partial charge in [-0.1, -0.05) is 13.8 Å². The van der Waals surface area contributed by atoms with Crippen molar-refractivity contribution in [2.45, 2.75) is 27.2 Å². The van der Waals surface area contributed by atoms with Gasteiger partial charge >= 0.3 is 0 Å². The first-order chi connectivity index (χ1) is 7.93. The molecule has 0 fully saturated rings. The lowest BCUT2D eigenvalue weighted by Gasteiger charge is -2.25. The van der Waals surface area contributed by atoms with E-state index in [1.165, 1.54) is 0 Å². The Bertz CT molecular complexity index is 268. The molecule has 0 aromatic carbocycles. The van der Waals surface area contributed by atoms with Gasteiger partial charge in [0.25, 0.3) is 0 Å². The van der Waals surface area contributed by atoms with Gasteiger partial charge in [-0.25, -0.2) is 0 Å². The second kappa shape index (κ2) is 8.08. The van der Waals surface area contributed by atoms with Crippen molar-refractivity contribution in [3.8, 4) is 6.07 Å². The highest BCUT2D eigenvalue weighted by Crippen LogP contribution is 2.13. The molecule has 0 saturated heterocycles. The lowest BCUT2D eigenvalue weighted by atomic mass is 9.96. The molecular formula is C13H25N3O. The lowest BCUT2D eigenvalue weighted by molar-refractivity contribution is -0.134. The average molecular weight is 239 g/mol. The Hall–Kier alpha value is -1.08. The molecule has 4 nitrogen and oxygen atoms in total. The third kappa shape index (κ3) is 5.69. The number of hydrogen-bond acceptors (Lipinski definition) is 3. The van der Waals surface area contributed by atoms with E-state index in [9.17, 15) is 4.79 Å². The summed E-state index contributed by atoms with van der Waals surface area (Å²) in [6.07, 6.45) is 0.947. The zero-order valence-corrected chi connectivity index (χ0v) is 11.7. The summed E-state index contributed by atoms with van der Waals surface area (Å²) in [6.45, 7) is 8.17. The van der Waals surface area contributed by atoms with Crippen molar-refractivity contribution in [2.75, 3.05) is 33.7 Å². The predicted octanol–water partition coefficient (Wildman–Crippen LogP) is 1.58. The number of nitrogens with zero attached hydrogens (tertiary/aromatic N) is 3. The molecule has 0 aliphatic heterocycles. The Balaban J connectivity index is 4.35. The molecule has 0 rings (SSSR count). The first-order valence-corrected chi connectivity index (χ1v) is 6.27. The summed E-state index contributed by atoms with van der Waals surface area (Å²) >= 11 is 0. The molecule has 0 aromatic heterocycles. The fraction of sp³-hybridized carbons (Fsp3) is 0.846. The van der Waals surface area contributed by atoms with Crippen LogP contribution in [0, 0.1) is 23.2 Å². The van der Waals surface area contributed by atoms with Gasteiger partial charge in [-0.2, -0.15) is 5.26 Å². The van der Waals surface area contributed by atoms with E-state index in [-0.39, 0.29) is 11.8 Å². The van der Waals surface area contributed by atoms with Crippen molar-refractivity contribution in [2.24, 2.45) is 11.8 Å². The maximum atomic E-state index is 12.1. The minimum Gasteiger partial charge on any atom is -0.342 e. The highest BCUT2D eigenvalue weighted by atomic mass is 16.2. The van der Waals surface area contributed by atoms with Gasteiger partial charge in [-0.3, -0.25) is 4.79 Å². The molecule has 4 heteroatoms. The van der Waals surface area contributed by atoms with Crippen LogP contribution in [0.2, 0.25) is 0 Å². The molecule has 0 N–H and O–H groups in total. The van der Waals surface area contributed by atoms with Gasteiger partial charge in [0.2, 0.25) is 5.91 Å². The number of amides is 1. The van der Waals surface area contributed by atoms with E-state index >= 15 is 0 Å². The number of carbonyl (C=O) groups excluding carboxylic acids is 1. The second-order valence-corrected chi connectivity index (χ2v) is 4.93. The second-order valence-electron chi connectivity index (χ2n) is 4.93. The van der Waals surface area contributed by atoms with E-state index < -0.39 is 5.92 Å². The quantitative estimate of drug-likeness (QED) is 0.677. The van der Waals surface area contributed by atoms with E-state index in [0.717, 1.165) is 19.5 Å². The maximum absolute atomic E-state index is 12.1. The summed E-state index contributed by atoms with van der Waals surface area (Å²) in [7, 11) is 4.04. The van der Waals surface area contributed by atoms with Gasteiger partial charge in [-0.05, 0) is 39.9 Å². The van der Waals surface area contributed by atoms with Crippen molar-refractivity contribution in [3.63, 3.8) is 0 Å². The van der Waals surface area contributed by atoms with Crippen LogP contribution in [0.5, 0.6) is 0 Å². The number of hydrogen-bond donors (Lipinski definition) is 0. The summed E-state index contributed by atoms with van der Waals surface area (Å²) < 4.78 is 0. The van der Waals surface area contributed by atoms with E-state index in [0.29, 0.717) is 6.54 Å². The van der Waals surface area contributed by atoms with Crippen LogP contribution in [-0.2, 0) is 4.79 Å². The summed E-state index contributed by atoms with van der Waals surface area (Å²) in [5.74, 6) is -0.450. The zero-order valence-electron chi connectivity index (χ0n) is 11.7. The van der Waals surface area contributed by atoms with Crippen LogP contribution in [0.15, 0.2) is 0 Å². The average Bonchev–Trinajstić information content (AvgIpc) is 2.24. The van der Waals surface area contributed by atoms with Crippen LogP contribution >= 0.6 is 0 Å². The molecule has 0 aliphatic rings. The predicted molar refractivity (Wildman–Crippen MR) is 69.4 cm³/mol. The topological polar surface area (TPSA) is 47.3 Å². The molecule has 1 amide bonds. The molecule has 98 valence electrons. The Morgan fingerprint density at radius 3 is 2.24 bits per heavy atom. The SMILES string of the molecule is CCN(CCCN(C)C)C(=O)C(C#N)C(C)C. The van der Waals surface area contributed by atoms with Crippen molar-refractivity contribution in [3.05, 3.63) is 0 Å². The third-order valence-electron chi connectivity index (χ3n) is 2.80. The smallest absolute Gasteiger partial charge is 0.240 e. The molecule has 0 bridgehead atoms. The van der Waals surface area contributed by atoms with Crippen molar-refractivity contribution in [1.29, 1.82) is 5.26 Å². The molecule has 1 unspecified atom stereocenters. The standard InChI is InChI=1S/C13H25N3O/c1-6-16(9-7-8-15(4)5)13(17)12(10-14)11(2)3/h11-12H,6-9H2,1-5H3. The molecule has 0 aromatic rings. The van der Waals surface area contributed by atoms with Crippen LogP contribution in [0.1, 0.15) is 27.2 Å². The van der Waals surface area contributed by atoms with Gasteiger partial charge in [0.05, 0.1) is 6.07 Å². The Morgan fingerprint density at radius 1 is 1.29 bits per heavy atom. The molecule has 0 heterocycles. The molecule has 17 heavy (non-hydrogen) atoms. The fourth-order valence-corrected chi connectivity index (χ4v) is 1.69. The minimum absolute atomic E-state index is 0.0243. The van der Waals surface area contributed by atoms with Gasteiger partial charge in [0.1, 0.15) is 5.92 Å². The molecule has 1 atom stereocenters. The van der Waals surface area contributed by atoms with Crippen LogP contribution in [0.25, 0.3) is 0 Å². The minimum atomic E-state index is -0.505. The molecule has 0 spiro atoms. The van der Waals surface area contributed by atoms with Gasteiger partial charge in [-0.15, -0.1) is 0 Å². The molecule has 0 saturated carbocycles. The van der Waals surface area contributed by atoms with Gasteiger partial charge in [0.15, 0.2) is 0 Å². The summed E-state index contributed by atoms with van der Waals surface area (Å²) in [4.78, 5) is 16.0. The monoisotopic (exact) mass is 239 g/mol. The fourth-order valence-electron chi connectivity index (χ4n) is 1.69. The highest BCUT2D eigenvalue weighted by molar-refractivity contribution is 5.81. The summed E-state index contributed by atoms with van der Waals surface area (Å²) in [5, 5.41) is 9.02. The van der Waals surface area contributed by atoms with Crippen LogP contribution in [-0.4, -0.2) is 49.4 Å². The Labute approximate surface area is 105 Å². The molecule has 0 radical (unpaired) electrons. The largest absolute Gasteiger partial charge is 0.342 e. The Morgan fingerprint density at radius 2 is 1.88 bits per heavy atom. The number of rotatable bonds is 7. The lowest BCUT2D eigenvalue weighted by Crippen LogP contribution is -2.39. The van der Waals surface area contributed by atoms with Crippen molar-refractivity contribution < 1.29 is 4.79 Å². The number of carbonyl (C=O) groups is 1. The van der Waals surface area contributed by atoms with E-state index in [1.54, 1.807) is 4.90 Å².